The van der Waals surface area contributed by atoms with Crippen molar-refractivity contribution >= 4 is 5.91 Å². The van der Waals surface area contributed by atoms with E-state index < -0.39 is 0 Å². The molecule has 0 saturated heterocycles. The van der Waals surface area contributed by atoms with E-state index in [2.05, 4.69) is 24.5 Å². The molecule has 1 aromatic rings. The summed E-state index contributed by atoms with van der Waals surface area (Å²) in [6.45, 7) is 4.74. The van der Waals surface area contributed by atoms with Crippen molar-refractivity contribution in [3.8, 4) is 11.8 Å². The monoisotopic (exact) mass is 261 g/mol. The molecule has 19 heavy (non-hydrogen) atoms. The van der Waals surface area contributed by atoms with Crippen LogP contribution in [0.5, 0.6) is 5.75 Å². The molecule has 0 heterocycles. The average Bonchev–Trinajstić information content (AvgIpc) is 2.41. The maximum absolute atomic E-state index is 11.3. The van der Waals surface area contributed by atoms with Crippen LogP contribution >= 0.6 is 0 Å². The Morgan fingerprint density at radius 2 is 2.16 bits per heavy atom. The van der Waals surface area contributed by atoms with Crippen LogP contribution in [0.15, 0.2) is 24.3 Å². The Labute approximate surface area is 113 Å². The first-order chi connectivity index (χ1) is 9.13. The molecule has 102 valence electrons. The summed E-state index contributed by atoms with van der Waals surface area (Å²) in [6, 6.07) is 9.80. The van der Waals surface area contributed by atoms with Crippen LogP contribution < -0.4 is 15.4 Å². The molecule has 1 amide bonds. The standard InChI is InChI=1S/C14H19N3O2/c1-11(2)17-9-12-5-3-4-6-13(12)19-10-14(18)16-8-7-15/h3-6,11,17H,8-10H2,1-2H3,(H,16,18). The van der Waals surface area contributed by atoms with Gasteiger partial charge in [0, 0.05) is 18.2 Å². The number of ether oxygens (including phenoxy) is 1. The zero-order valence-electron chi connectivity index (χ0n) is 11.3. The topological polar surface area (TPSA) is 74.2 Å². The van der Waals surface area contributed by atoms with Crippen molar-refractivity contribution in [1.82, 2.24) is 10.6 Å². The molecule has 5 nitrogen and oxygen atoms in total. The van der Waals surface area contributed by atoms with Gasteiger partial charge in [-0.15, -0.1) is 0 Å². The predicted molar refractivity (Wildman–Crippen MR) is 72.5 cm³/mol. The molecule has 0 saturated carbocycles. The molecule has 0 aliphatic heterocycles. The van der Waals surface area contributed by atoms with Gasteiger partial charge in [0.1, 0.15) is 12.3 Å². The molecule has 0 bridgehead atoms. The number of amides is 1. The highest BCUT2D eigenvalue weighted by atomic mass is 16.5. The van der Waals surface area contributed by atoms with Gasteiger partial charge in [-0.25, -0.2) is 0 Å². The van der Waals surface area contributed by atoms with Gasteiger partial charge in [-0.2, -0.15) is 5.26 Å². The lowest BCUT2D eigenvalue weighted by molar-refractivity contribution is -0.122. The Kier molecular flexibility index (Phi) is 6.41. The third-order valence-corrected chi connectivity index (χ3v) is 2.40. The van der Waals surface area contributed by atoms with Gasteiger partial charge in [0.2, 0.25) is 0 Å². The highest BCUT2D eigenvalue weighted by molar-refractivity contribution is 5.77. The zero-order valence-corrected chi connectivity index (χ0v) is 11.3. The van der Waals surface area contributed by atoms with Crippen molar-refractivity contribution in [3.05, 3.63) is 29.8 Å². The summed E-state index contributed by atoms with van der Waals surface area (Å²) in [5.41, 5.74) is 1.00. The molecule has 0 aliphatic rings. The SMILES string of the molecule is CC(C)NCc1ccccc1OCC(=O)NCC#N. The van der Waals surface area contributed by atoms with Gasteiger partial charge in [0.25, 0.3) is 5.91 Å². The Morgan fingerprint density at radius 1 is 1.42 bits per heavy atom. The first kappa shape index (κ1) is 15.0. The molecular weight excluding hydrogens is 242 g/mol. The molecule has 0 fully saturated rings. The Hall–Kier alpha value is -2.06. The second-order valence-corrected chi connectivity index (χ2v) is 4.37. The number of nitriles is 1. The molecule has 0 aromatic heterocycles. The molecule has 1 rings (SSSR count). The van der Waals surface area contributed by atoms with Gasteiger partial charge in [-0.05, 0) is 6.07 Å². The van der Waals surface area contributed by atoms with E-state index in [-0.39, 0.29) is 19.1 Å². The van der Waals surface area contributed by atoms with E-state index in [4.69, 9.17) is 10.00 Å². The first-order valence-electron chi connectivity index (χ1n) is 6.21. The fourth-order valence-electron chi connectivity index (χ4n) is 1.44. The number of hydrogen-bond acceptors (Lipinski definition) is 4. The number of benzene rings is 1. The smallest absolute Gasteiger partial charge is 0.258 e. The third-order valence-electron chi connectivity index (χ3n) is 2.40. The third kappa shape index (κ3) is 5.89. The van der Waals surface area contributed by atoms with E-state index in [1.807, 2.05) is 30.3 Å². The number of nitrogens with zero attached hydrogens (tertiary/aromatic N) is 1. The Morgan fingerprint density at radius 3 is 2.84 bits per heavy atom. The number of carbonyl (C=O) groups is 1. The second kappa shape index (κ2) is 8.11. The number of carbonyl (C=O) groups excluding carboxylic acids is 1. The molecule has 2 N–H and O–H groups in total. The number of rotatable bonds is 7. The number of hydrogen-bond donors (Lipinski definition) is 2. The number of nitrogens with one attached hydrogen (secondary N) is 2. The van der Waals surface area contributed by atoms with Gasteiger partial charge in [0.15, 0.2) is 6.61 Å². The van der Waals surface area contributed by atoms with Crippen LogP contribution in [0.4, 0.5) is 0 Å². The minimum absolute atomic E-state index is 0.00124. The van der Waals surface area contributed by atoms with Crippen LogP contribution in [-0.4, -0.2) is 25.1 Å². The van der Waals surface area contributed by atoms with Gasteiger partial charge >= 0.3 is 0 Å². The Balaban J connectivity index is 2.53. The molecule has 0 radical (unpaired) electrons. The van der Waals surface area contributed by atoms with Crippen LogP contribution in [0.1, 0.15) is 19.4 Å². The summed E-state index contributed by atoms with van der Waals surface area (Å²) in [5, 5.41) is 14.1. The van der Waals surface area contributed by atoms with Crippen molar-refractivity contribution in [2.24, 2.45) is 0 Å². The maximum Gasteiger partial charge on any atom is 0.258 e. The molecular formula is C14H19N3O2. The van der Waals surface area contributed by atoms with E-state index in [9.17, 15) is 4.79 Å². The summed E-state index contributed by atoms with van der Waals surface area (Å²) in [7, 11) is 0. The second-order valence-electron chi connectivity index (χ2n) is 4.37. The van der Waals surface area contributed by atoms with E-state index in [0.717, 1.165) is 5.56 Å². The maximum atomic E-state index is 11.3. The molecule has 1 aromatic carbocycles. The summed E-state index contributed by atoms with van der Waals surface area (Å²) < 4.78 is 5.47. The van der Waals surface area contributed by atoms with E-state index in [1.165, 1.54) is 0 Å². The van der Waals surface area contributed by atoms with Crippen LogP contribution in [0.25, 0.3) is 0 Å². The average molecular weight is 261 g/mol. The van der Waals surface area contributed by atoms with E-state index in [0.29, 0.717) is 18.3 Å². The fourth-order valence-corrected chi connectivity index (χ4v) is 1.44. The lowest BCUT2D eigenvalue weighted by atomic mass is 10.2. The van der Waals surface area contributed by atoms with Crippen LogP contribution in [0, 0.1) is 11.3 Å². The predicted octanol–water partition coefficient (Wildman–Crippen LogP) is 1.20. The minimum Gasteiger partial charge on any atom is -0.483 e. The summed E-state index contributed by atoms with van der Waals surface area (Å²) in [4.78, 5) is 11.3. The molecule has 0 aliphatic carbocycles. The molecule has 5 heteroatoms. The highest BCUT2D eigenvalue weighted by Crippen LogP contribution is 2.17. The van der Waals surface area contributed by atoms with Gasteiger partial charge in [0.05, 0.1) is 6.07 Å². The van der Waals surface area contributed by atoms with E-state index in [1.54, 1.807) is 0 Å². The van der Waals surface area contributed by atoms with Gasteiger partial charge in [-0.3, -0.25) is 4.79 Å². The summed E-state index contributed by atoms with van der Waals surface area (Å²) >= 11 is 0. The number of para-hydroxylation sites is 1. The van der Waals surface area contributed by atoms with Crippen molar-refractivity contribution in [1.29, 1.82) is 5.26 Å². The van der Waals surface area contributed by atoms with Gasteiger partial charge in [-0.1, -0.05) is 32.0 Å². The van der Waals surface area contributed by atoms with Crippen LogP contribution in [-0.2, 0) is 11.3 Å². The first-order valence-corrected chi connectivity index (χ1v) is 6.21. The van der Waals surface area contributed by atoms with Gasteiger partial charge < -0.3 is 15.4 Å². The van der Waals surface area contributed by atoms with Crippen molar-refractivity contribution in [3.63, 3.8) is 0 Å². The lowest BCUT2D eigenvalue weighted by Gasteiger charge is -2.13. The van der Waals surface area contributed by atoms with Crippen molar-refractivity contribution < 1.29 is 9.53 Å². The largest absolute Gasteiger partial charge is 0.483 e. The quantitative estimate of drug-likeness (QED) is 0.723. The normalized spacial score (nSPS) is 10.0. The zero-order chi connectivity index (χ0) is 14.1. The molecule has 0 spiro atoms. The Bertz CT molecular complexity index is 452. The molecule has 0 unspecified atom stereocenters. The van der Waals surface area contributed by atoms with Crippen molar-refractivity contribution in [2.75, 3.05) is 13.2 Å². The van der Waals surface area contributed by atoms with Crippen molar-refractivity contribution in [2.45, 2.75) is 26.4 Å². The van der Waals surface area contributed by atoms with Crippen LogP contribution in [0.3, 0.4) is 0 Å². The fraction of sp³-hybridized carbons (Fsp3) is 0.429. The van der Waals surface area contributed by atoms with E-state index >= 15 is 0 Å². The van der Waals surface area contributed by atoms with Crippen LogP contribution in [0.2, 0.25) is 0 Å². The highest BCUT2D eigenvalue weighted by Gasteiger charge is 2.06. The lowest BCUT2D eigenvalue weighted by Crippen LogP contribution is -2.29. The molecule has 0 atom stereocenters. The summed E-state index contributed by atoms with van der Waals surface area (Å²) in [5.74, 6) is 0.385. The summed E-state index contributed by atoms with van der Waals surface area (Å²) in [6.07, 6.45) is 0. The minimum atomic E-state index is -0.298.